The number of ketones is 1. The molecule has 0 radical (unpaired) electrons. The van der Waals surface area contributed by atoms with Gasteiger partial charge in [-0.3, -0.25) is 4.79 Å². The molecular formula is C12H14FeO4. The number of hydrogen-bond acceptors (Lipinski definition) is 1. The standard InChI is InChI=1S/C9H14O.3CO.Fe/c1-3-5-7-9(10)8-6-4-2;3*1-2;/h3,5,7H,1,4,6,8H2,2H3;;;;. The van der Waals surface area contributed by atoms with E-state index in [-0.39, 0.29) is 22.9 Å². The van der Waals surface area contributed by atoms with Crippen molar-refractivity contribution in [3.63, 3.8) is 0 Å². The summed E-state index contributed by atoms with van der Waals surface area (Å²) in [6.45, 7) is 19.0. The minimum absolute atomic E-state index is 0. The van der Waals surface area contributed by atoms with Crippen molar-refractivity contribution in [1.82, 2.24) is 0 Å². The molecule has 0 fully saturated rings. The number of unbranched alkanes of at least 4 members (excludes halogenated alkanes) is 1. The van der Waals surface area contributed by atoms with Crippen molar-refractivity contribution in [3.8, 4) is 0 Å². The summed E-state index contributed by atoms with van der Waals surface area (Å²) in [5.74, 6) is 0.196. The van der Waals surface area contributed by atoms with Crippen LogP contribution in [0.3, 0.4) is 0 Å². The van der Waals surface area contributed by atoms with Crippen molar-refractivity contribution in [3.05, 3.63) is 44.8 Å². The number of carbonyl (C=O) groups is 1. The first kappa shape index (κ1) is 29.7. The van der Waals surface area contributed by atoms with Gasteiger partial charge in [-0.2, -0.15) is 0 Å². The van der Waals surface area contributed by atoms with E-state index in [2.05, 4.69) is 33.5 Å². The first-order chi connectivity index (χ1) is 7.81. The van der Waals surface area contributed by atoms with Crippen LogP contribution in [0.5, 0.6) is 0 Å². The van der Waals surface area contributed by atoms with E-state index in [0.29, 0.717) is 6.42 Å². The molecule has 0 unspecified atom stereocenters. The Labute approximate surface area is 113 Å². The fourth-order valence-corrected chi connectivity index (χ4v) is 0.610. The average Bonchev–Trinajstić information content (AvgIpc) is 2.41. The van der Waals surface area contributed by atoms with Crippen LogP contribution >= 0.6 is 0 Å². The van der Waals surface area contributed by atoms with Crippen molar-refractivity contribution in [1.29, 1.82) is 0 Å². The second-order valence-corrected chi connectivity index (χ2v) is 2.16. The molecule has 0 aromatic carbocycles. The summed E-state index contributed by atoms with van der Waals surface area (Å²) in [6.07, 6.45) is 7.60. The van der Waals surface area contributed by atoms with Crippen LogP contribution in [0.15, 0.2) is 24.8 Å². The minimum Gasteiger partial charge on any atom is 0 e. The molecule has 94 valence electrons. The quantitative estimate of drug-likeness (QED) is 0.250. The third-order valence-corrected chi connectivity index (χ3v) is 1.19. The molecule has 5 heteroatoms. The van der Waals surface area contributed by atoms with Gasteiger partial charge in [-0.25, -0.2) is 0 Å². The van der Waals surface area contributed by atoms with Crippen molar-refractivity contribution < 1.29 is 35.8 Å². The normalized spacial score (nSPS) is 6.29. The summed E-state index contributed by atoms with van der Waals surface area (Å²) in [7, 11) is 0. The number of allylic oxidation sites excluding steroid dienone is 3. The molecule has 4 nitrogen and oxygen atoms in total. The topological polar surface area (TPSA) is 76.8 Å². The molecule has 17 heavy (non-hydrogen) atoms. The molecule has 0 aromatic heterocycles. The molecule has 0 spiro atoms. The van der Waals surface area contributed by atoms with Crippen LogP contribution in [-0.4, -0.2) is 5.78 Å². The number of hydrogen-bond donors (Lipinski definition) is 0. The van der Waals surface area contributed by atoms with Gasteiger partial charge in [-0.1, -0.05) is 32.1 Å². The Bertz CT molecular complexity index is 224. The monoisotopic (exact) mass is 278 g/mol. The first-order valence-corrected chi connectivity index (χ1v) is 4.24. The van der Waals surface area contributed by atoms with Crippen LogP contribution in [0.1, 0.15) is 26.2 Å². The third-order valence-electron chi connectivity index (χ3n) is 1.19. The molecule has 0 amide bonds. The fourth-order valence-electron chi connectivity index (χ4n) is 0.610. The summed E-state index contributed by atoms with van der Waals surface area (Å²) >= 11 is 0. The molecule has 0 N–H and O–H groups in total. The Morgan fingerprint density at radius 3 is 1.88 bits per heavy atom. The van der Waals surface area contributed by atoms with E-state index >= 15 is 0 Å². The SMILES string of the molecule is C=CC=CC(=O)CCCC.[C-]#[O+].[C-]#[O+].[C-]#[O+].[Fe]. The van der Waals surface area contributed by atoms with E-state index in [1.807, 2.05) is 0 Å². The second-order valence-electron chi connectivity index (χ2n) is 2.16. The summed E-state index contributed by atoms with van der Waals surface area (Å²) in [6, 6.07) is 0. The van der Waals surface area contributed by atoms with Crippen molar-refractivity contribution in [2.75, 3.05) is 0 Å². The Morgan fingerprint density at radius 2 is 1.59 bits per heavy atom. The zero-order valence-electron chi connectivity index (χ0n) is 9.55. The van der Waals surface area contributed by atoms with Gasteiger partial charge < -0.3 is 0 Å². The summed E-state index contributed by atoms with van der Waals surface area (Å²) < 4.78 is 22.5. The molecule has 0 saturated heterocycles. The van der Waals surface area contributed by atoms with Gasteiger partial charge in [0, 0.05) is 23.5 Å². The summed E-state index contributed by atoms with van der Waals surface area (Å²) in [5, 5.41) is 0. The molecule has 0 heterocycles. The molecule has 0 aromatic rings. The first-order valence-electron chi connectivity index (χ1n) is 4.24. The van der Waals surface area contributed by atoms with E-state index < -0.39 is 0 Å². The van der Waals surface area contributed by atoms with Crippen LogP contribution in [-0.2, 0) is 35.8 Å². The van der Waals surface area contributed by atoms with Gasteiger partial charge >= 0.3 is 33.9 Å². The molecule has 0 aliphatic heterocycles. The maximum absolute atomic E-state index is 10.8. The van der Waals surface area contributed by atoms with E-state index in [9.17, 15) is 4.79 Å². The van der Waals surface area contributed by atoms with Crippen LogP contribution < -0.4 is 0 Å². The van der Waals surface area contributed by atoms with Crippen molar-refractivity contribution in [2.45, 2.75) is 26.2 Å². The largest absolute Gasteiger partial charge is 0 e. The average molecular weight is 278 g/mol. The predicted octanol–water partition coefficient (Wildman–Crippen LogP) is 2.37. The summed E-state index contributed by atoms with van der Waals surface area (Å²) in [4.78, 5) is 10.8. The van der Waals surface area contributed by atoms with Crippen molar-refractivity contribution in [2.24, 2.45) is 0 Å². The maximum atomic E-state index is 10.8. The van der Waals surface area contributed by atoms with Gasteiger partial charge in [0.05, 0.1) is 0 Å². The second kappa shape index (κ2) is 46.1. The third kappa shape index (κ3) is 52.1. The predicted molar refractivity (Wildman–Crippen MR) is 55.7 cm³/mol. The Kier molecular flexibility index (Phi) is 80.6. The Morgan fingerprint density at radius 1 is 1.18 bits per heavy atom. The van der Waals surface area contributed by atoms with Gasteiger partial charge in [-0.05, 0) is 12.5 Å². The molecule has 0 atom stereocenters. The molecular weight excluding hydrogens is 264 g/mol. The Balaban J connectivity index is -0.0000000594. The number of rotatable bonds is 5. The van der Waals surface area contributed by atoms with Crippen LogP contribution in [0.25, 0.3) is 0 Å². The zero-order valence-corrected chi connectivity index (χ0v) is 10.7. The molecule has 0 rings (SSSR count). The van der Waals surface area contributed by atoms with Gasteiger partial charge in [0.25, 0.3) is 0 Å². The van der Waals surface area contributed by atoms with E-state index in [1.165, 1.54) is 0 Å². The van der Waals surface area contributed by atoms with Crippen LogP contribution in [0.4, 0.5) is 0 Å². The van der Waals surface area contributed by atoms with Gasteiger partial charge in [-0.15, -0.1) is 0 Å². The molecule has 0 aliphatic rings. The van der Waals surface area contributed by atoms with E-state index in [0.717, 1.165) is 12.8 Å². The molecule has 0 aliphatic carbocycles. The zero-order chi connectivity index (χ0) is 13.8. The summed E-state index contributed by atoms with van der Waals surface area (Å²) in [5.41, 5.74) is 0. The minimum atomic E-state index is 0. The number of carbonyl (C=O) groups excluding carboxylic acids is 1. The fraction of sp³-hybridized carbons (Fsp3) is 0.333. The van der Waals surface area contributed by atoms with Crippen LogP contribution in [0.2, 0.25) is 0 Å². The van der Waals surface area contributed by atoms with Gasteiger partial charge in [0.15, 0.2) is 5.78 Å². The molecule has 0 saturated carbocycles. The Hall–Kier alpha value is -1.11. The van der Waals surface area contributed by atoms with Gasteiger partial charge in [0.2, 0.25) is 0 Å². The van der Waals surface area contributed by atoms with Crippen LogP contribution in [0, 0.1) is 20.0 Å². The van der Waals surface area contributed by atoms with Gasteiger partial charge in [0.1, 0.15) is 0 Å². The van der Waals surface area contributed by atoms with E-state index in [1.54, 1.807) is 18.2 Å². The molecule has 0 bridgehead atoms. The maximum Gasteiger partial charge on any atom is 0 e. The van der Waals surface area contributed by atoms with E-state index in [4.69, 9.17) is 14.0 Å². The van der Waals surface area contributed by atoms with Crippen molar-refractivity contribution >= 4 is 5.78 Å². The smallest absolute Gasteiger partial charge is 0 e.